The van der Waals surface area contributed by atoms with Crippen molar-refractivity contribution in [2.24, 2.45) is 7.05 Å². The summed E-state index contributed by atoms with van der Waals surface area (Å²) in [5.41, 5.74) is 2.32. The molecule has 0 unspecified atom stereocenters. The van der Waals surface area contributed by atoms with Gasteiger partial charge in [0.2, 0.25) is 5.91 Å². The number of fused-ring (bicyclic) bond motifs is 2. The number of nitrogens with zero attached hydrogens (tertiary/aromatic N) is 4. The van der Waals surface area contributed by atoms with E-state index in [0.29, 0.717) is 12.1 Å². The third-order valence-electron chi connectivity index (χ3n) is 4.69. The number of furan rings is 1. The average Bonchev–Trinajstić information content (AvgIpc) is 3.21. The Labute approximate surface area is 150 Å². The Hall–Kier alpha value is -3.09. The van der Waals surface area contributed by atoms with Gasteiger partial charge in [-0.2, -0.15) is 5.10 Å². The van der Waals surface area contributed by atoms with Gasteiger partial charge in [-0.05, 0) is 12.1 Å². The molecule has 1 aliphatic heterocycles. The second-order valence-electron chi connectivity index (χ2n) is 6.83. The normalized spacial score (nSPS) is 16.6. The van der Waals surface area contributed by atoms with Crippen LogP contribution in [0.15, 0.2) is 40.9 Å². The van der Waals surface area contributed by atoms with Crippen molar-refractivity contribution in [3.63, 3.8) is 0 Å². The Morgan fingerprint density at radius 3 is 2.77 bits per heavy atom. The predicted octanol–water partition coefficient (Wildman–Crippen LogP) is 1.99. The minimum atomic E-state index is -0.469. The van der Waals surface area contributed by atoms with E-state index in [4.69, 9.17) is 4.42 Å². The lowest BCUT2D eigenvalue weighted by atomic mass is 9.95. The molecule has 0 bridgehead atoms. The second kappa shape index (κ2) is 6.01. The van der Waals surface area contributed by atoms with E-state index in [-0.39, 0.29) is 24.1 Å². The Morgan fingerprint density at radius 2 is 2.04 bits per heavy atom. The molecule has 134 valence electrons. The van der Waals surface area contributed by atoms with Gasteiger partial charge in [0.15, 0.2) is 5.76 Å². The number of carbonyl (C=O) groups is 2. The lowest BCUT2D eigenvalue weighted by Crippen LogP contribution is -2.43. The van der Waals surface area contributed by atoms with E-state index in [1.807, 2.05) is 37.5 Å². The summed E-state index contributed by atoms with van der Waals surface area (Å²) in [4.78, 5) is 28.8. The van der Waals surface area contributed by atoms with E-state index in [1.165, 1.54) is 4.90 Å². The number of rotatable bonds is 2. The third-order valence-corrected chi connectivity index (χ3v) is 4.69. The lowest BCUT2D eigenvalue weighted by Gasteiger charge is -2.32. The molecule has 2 amide bonds. The van der Waals surface area contributed by atoms with Gasteiger partial charge in [-0.3, -0.25) is 14.3 Å². The molecule has 1 aromatic carbocycles. The topological polar surface area (TPSA) is 71.6 Å². The monoisotopic (exact) mass is 352 g/mol. The molecule has 7 heteroatoms. The van der Waals surface area contributed by atoms with Crippen molar-refractivity contribution in [1.82, 2.24) is 19.6 Å². The van der Waals surface area contributed by atoms with E-state index >= 15 is 0 Å². The maximum absolute atomic E-state index is 13.0. The number of para-hydroxylation sites is 1. The summed E-state index contributed by atoms with van der Waals surface area (Å²) in [7, 11) is 5.25. The SMILES string of the molecule is CN(C)C(=O)[C@@H]1CN(C(=O)c2cc3ccccc3o2)Cc2cn(C)nc21. The van der Waals surface area contributed by atoms with Crippen molar-refractivity contribution >= 4 is 22.8 Å². The van der Waals surface area contributed by atoms with Crippen molar-refractivity contribution in [2.75, 3.05) is 20.6 Å². The molecule has 26 heavy (non-hydrogen) atoms. The highest BCUT2D eigenvalue weighted by atomic mass is 16.3. The molecule has 7 nitrogen and oxygen atoms in total. The Balaban J connectivity index is 1.68. The highest BCUT2D eigenvalue weighted by Crippen LogP contribution is 2.30. The summed E-state index contributed by atoms with van der Waals surface area (Å²) < 4.78 is 7.40. The third kappa shape index (κ3) is 2.65. The van der Waals surface area contributed by atoms with Gasteiger partial charge in [-0.15, -0.1) is 0 Å². The van der Waals surface area contributed by atoms with Gasteiger partial charge in [0.05, 0.1) is 5.69 Å². The van der Waals surface area contributed by atoms with Gasteiger partial charge >= 0.3 is 0 Å². The van der Waals surface area contributed by atoms with Crippen molar-refractivity contribution in [3.05, 3.63) is 53.5 Å². The van der Waals surface area contributed by atoms with Crippen LogP contribution in [0.4, 0.5) is 0 Å². The fraction of sp³-hybridized carbons (Fsp3) is 0.316. The van der Waals surface area contributed by atoms with Gasteiger partial charge in [0.1, 0.15) is 11.5 Å². The van der Waals surface area contributed by atoms with Crippen LogP contribution in [-0.2, 0) is 18.4 Å². The van der Waals surface area contributed by atoms with Gasteiger partial charge in [0.25, 0.3) is 5.91 Å². The Morgan fingerprint density at radius 1 is 1.27 bits per heavy atom. The van der Waals surface area contributed by atoms with E-state index in [9.17, 15) is 9.59 Å². The fourth-order valence-electron chi connectivity index (χ4n) is 3.45. The Bertz CT molecular complexity index is 968. The number of benzene rings is 1. The largest absolute Gasteiger partial charge is 0.451 e. The molecule has 0 fully saturated rings. The quantitative estimate of drug-likeness (QED) is 0.707. The van der Waals surface area contributed by atoms with Crippen molar-refractivity contribution in [1.29, 1.82) is 0 Å². The van der Waals surface area contributed by atoms with Gasteiger partial charge in [-0.25, -0.2) is 0 Å². The van der Waals surface area contributed by atoms with Crippen LogP contribution in [0.3, 0.4) is 0 Å². The van der Waals surface area contributed by atoms with Crippen molar-refractivity contribution in [2.45, 2.75) is 12.5 Å². The number of hydrogen-bond acceptors (Lipinski definition) is 4. The maximum Gasteiger partial charge on any atom is 0.289 e. The second-order valence-corrected chi connectivity index (χ2v) is 6.83. The molecule has 0 N–H and O–H groups in total. The zero-order valence-corrected chi connectivity index (χ0v) is 15.0. The molecular formula is C19H20N4O3. The van der Waals surface area contributed by atoms with E-state index in [0.717, 1.165) is 16.6 Å². The van der Waals surface area contributed by atoms with E-state index < -0.39 is 5.92 Å². The van der Waals surface area contributed by atoms with Crippen LogP contribution in [0.2, 0.25) is 0 Å². The zero-order valence-electron chi connectivity index (χ0n) is 15.0. The number of hydrogen-bond donors (Lipinski definition) is 0. The molecule has 0 spiro atoms. The predicted molar refractivity (Wildman–Crippen MR) is 95.6 cm³/mol. The number of aromatic nitrogens is 2. The number of carbonyl (C=O) groups excluding carboxylic acids is 2. The molecule has 3 heterocycles. The first kappa shape index (κ1) is 16.4. The van der Waals surface area contributed by atoms with Gasteiger partial charge < -0.3 is 14.2 Å². The smallest absolute Gasteiger partial charge is 0.289 e. The summed E-state index contributed by atoms with van der Waals surface area (Å²) in [6.45, 7) is 0.702. The minimum Gasteiger partial charge on any atom is -0.451 e. The van der Waals surface area contributed by atoms with Crippen LogP contribution in [0, 0.1) is 0 Å². The molecule has 1 atom stereocenters. The molecule has 0 radical (unpaired) electrons. The standard InChI is InChI=1S/C19H20N4O3/c1-21(2)18(24)14-11-23(10-13-9-22(3)20-17(13)14)19(25)16-8-12-6-4-5-7-15(12)26-16/h4-9,14H,10-11H2,1-3H3/t14-/m1/s1. The number of aryl methyl sites for hydroxylation is 1. The lowest BCUT2D eigenvalue weighted by molar-refractivity contribution is -0.131. The van der Waals surface area contributed by atoms with Crippen molar-refractivity contribution < 1.29 is 14.0 Å². The minimum absolute atomic E-state index is 0.0629. The summed E-state index contributed by atoms with van der Waals surface area (Å²) >= 11 is 0. The molecule has 3 aromatic rings. The van der Waals surface area contributed by atoms with Crippen LogP contribution in [0.1, 0.15) is 27.7 Å². The molecule has 1 aliphatic rings. The van der Waals surface area contributed by atoms with Gasteiger partial charge in [-0.1, -0.05) is 18.2 Å². The highest BCUT2D eigenvalue weighted by Gasteiger charge is 2.36. The zero-order chi connectivity index (χ0) is 18.4. The van der Waals surface area contributed by atoms with Crippen LogP contribution < -0.4 is 0 Å². The van der Waals surface area contributed by atoms with E-state index in [1.54, 1.807) is 29.7 Å². The fourth-order valence-corrected chi connectivity index (χ4v) is 3.45. The number of likely N-dealkylation sites (N-methyl/N-ethyl adjacent to an activating group) is 1. The molecule has 0 aliphatic carbocycles. The van der Waals surface area contributed by atoms with Crippen molar-refractivity contribution in [3.8, 4) is 0 Å². The Kier molecular flexibility index (Phi) is 3.79. The summed E-state index contributed by atoms with van der Waals surface area (Å²) in [5.74, 6) is -0.461. The van der Waals surface area contributed by atoms with E-state index in [2.05, 4.69) is 5.10 Å². The average molecular weight is 352 g/mol. The first-order chi connectivity index (χ1) is 12.4. The maximum atomic E-state index is 13.0. The van der Waals surface area contributed by atoms with Crippen LogP contribution in [0.5, 0.6) is 0 Å². The molecule has 0 saturated heterocycles. The van der Waals surface area contributed by atoms with Crippen LogP contribution in [-0.4, -0.2) is 52.0 Å². The summed E-state index contributed by atoms with van der Waals surface area (Å²) in [6.07, 6.45) is 1.86. The highest BCUT2D eigenvalue weighted by molar-refractivity contribution is 5.97. The molecule has 0 saturated carbocycles. The van der Waals surface area contributed by atoms with Crippen LogP contribution in [0.25, 0.3) is 11.0 Å². The number of amides is 2. The summed E-state index contributed by atoms with van der Waals surface area (Å²) in [6, 6.07) is 9.26. The molecular weight excluding hydrogens is 332 g/mol. The van der Waals surface area contributed by atoms with Gasteiger partial charge in [0, 0.05) is 51.4 Å². The first-order valence-electron chi connectivity index (χ1n) is 8.45. The molecule has 4 rings (SSSR count). The molecule has 2 aromatic heterocycles. The summed E-state index contributed by atoms with van der Waals surface area (Å²) in [5, 5.41) is 5.33. The van der Waals surface area contributed by atoms with Crippen LogP contribution >= 0.6 is 0 Å². The first-order valence-corrected chi connectivity index (χ1v) is 8.45.